The standard InChI is InChI=1S/C12H17ClN2O2/c1-15(2)5-6-17-12(16)8-9-3-4-11(14)10(13)7-9/h3-4,7H,5-6,8,14H2,1-2H3. The van der Waals surface area contributed by atoms with Crippen LogP contribution in [0, 0.1) is 0 Å². The van der Waals surface area contributed by atoms with Gasteiger partial charge >= 0.3 is 5.97 Å². The van der Waals surface area contributed by atoms with E-state index in [2.05, 4.69) is 0 Å². The van der Waals surface area contributed by atoms with Crippen LogP contribution >= 0.6 is 11.6 Å². The summed E-state index contributed by atoms with van der Waals surface area (Å²) in [6.45, 7) is 1.11. The fourth-order valence-electron chi connectivity index (χ4n) is 1.24. The lowest BCUT2D eigenvalue weighted by Crippen LogP contribution is -2.20. The molecule has 1 aromatic carbocycles. The van der Waals surface area contributed by atoms with E-state index in [1.165, 1.54) is 0 Å². The van der Waals surface area contributed by atoms with Crippen molar-refractivity contribution in [1.82, 2.24) is 4.90 Å². The normalized spacial score (nSPS) is 10.6. The molecule has 17 heavy (non-hydrogen) atoms. The summed E-state index contributed by atoms with van der Waals surface area (Å²) in [6.07, 6.45) is 0.216. The number of rotatable bonds is 5. The molecule has 0 bridgehead atoms. The van der Waals surface area contributed by atoms with Crippen LogP contribution in [0.3, 0.4) is 0 Å². The summed E-state index contributed by atoms with van der Waals surface area (Å²) < 4.78 is 5.07. The van der Waals surface area contributed by atoms with E-state index < -0.39 is 0 Å². The number of benzene rings is 1. The lowest BCUT2D eigenvalue weighted by Gasteiger charge is -2.10. The van der Waals surface area contributed by atoms with Crippen LogP contribution < -0.4 is 5.73 Å². The zero-order valence-corrected chi connectivity index (χ0v) is 10.8. The molecule has 4 nitrogen and oxygen atoms in total. The molecule has 0 radical (unpaired) electrons. The molecule has 0 saturated heterocycles. The van der Waals surface area contributed by atoms with Gasteiger partial charge < -0.3 is 15.4 Å². The topological polar surface area (TPSA) is 55.6 Å². The van der Waals surface area contributed by atoms with Gasteiger partial charge in [-0.25, -0.2) is 0 Å². The summed E-state index contributed by atoms with van der Waals surface area (Å²) in [4.78, 5) is 13.4. The van der Waals surface area contributed by atoms with Crippen molar-refractivity contribution in [1.29, 1.82) is 0 Å². The van der Waals surface area contributed by atoms with Gasteiger partial charge in [0.1, 0.15) is 6.61 Å². The van der Waals surface area contributed by atoms with Crippen LogP contribution in [-0.4, -0.2) is 38.1 Å². The molecule has 0 heterocycles. The van der Waals surface area contributed by atoms with Gasteiger partial charge in [-0.3, -0.25) is 4.79 Å². The summed E-state index contributed by atoms with van der Waals surface area (Å²) in [5.41, 5.74) is 6.89. The quantitative estimate of drug-likeness (QED) is 0.642. The van der Waals surface area contributed by atoms with Crippen LogP contribution in [0.15, 0.2) is 18.2 Å². The van der Waals surface area contributed by atoms with Crippen LogP contribution in [0.5, 0.6) is 0 Å². The zero-order valence-electron chi connectivity index (χ0n) is 10.1. The van der Waals surface area contributed by atoms with Crippen LogP contribution in [-0.2, 0) is 16.0 Å². The van der Waals surface area contributed by atoms with E-state index in [9.17, 15) is 4.79 Å². The molecule has 0 aliphatic rings. The zero-order chi connectivity index (χ0) is 12.8. The lowest BCUT2D eigenvalue weighted by molar-refractivity contribution is -0.143. The van der Waals surface area contributed by atoms with E-state index >= 15 is 0 Å². The van der Waals surface area contributed by atoms with Crippen molar-refractivity contribution >= 4 is 23.3 Å². The molecule has 0 spiro atoms. The Morgan fingerprint density at radius 1 is 1.47 bits per heavy atom. The number of anilines is 1. The van der Waals surface area contributed by atoms with E-state index in [4.69, 9.17) is 22.1 Å². The van der Waals surface area contributed by atoms with Gasteiger partial charge in [0, 0.05) is 6.54 Å². The van der Waals surface area contributed by atoms with Crippen molar-refractivity contribution in [2.75, 3.05) is 33.0 Å². The number of ether oxygens (including phenoxy) is 1. The summed E-state index contributed by atoms with van der Waals surface area (Å²) in [7, 11) is 3.85. The fraction of sp³-hybridized carbons (Fsp3) is 0.417. The minimum Gasteiger partial charge on any atom is -0.464 e. The molecule has 94 valence electrons. The first-order valence-electron chi connectivity index (χ1n) is 5.33. The molecule has 1 rings (SSSR count). The van der Waals surface area contributed by atoms with Crippen molar-refractivity contribution in [3.8, 4) is 0 Å². The Bertz CT molecular complexity index is 394. The molecule has 1 aromatic rings. The Hall–Kier alpha value is -1.26. The van der Waals surface area contributed by atoms with Gasteiger partial charge in [0.2, 0.25) is 0 Å². The summed E-state index contributed by atoms with van der Waals surface area (Å²) >= 11 is 5.86. The number of hydrogen-bond acceptors (Lipinski definition) is 4. The molecule has 0 fully saturated rings. The third-order valence-corrected chi connectivity index (χ3v) is 2.54. The first kappa shape index (κ1) is 13.8. The molecule has 0 amide bonds. The molecule has 5 heteroatoms. The molecular weight excluding hydrogens is 240 g/mol. The first-order chi connectivity index (χ1) is 7.99. The minimum atomic E-state index is -0.257. The SMILES string of the molecule is CN(C)CCOC(=O)Cc1ccc(N)c(Cl)c1. The van der Waals surface area contributed by atoms with Crippen LogP contribution in [0.4, 0.5) is 5.69 Å². The minimum absolute atomic E-state index is 0.216. The second-order valence-electron chi connectivity index (χ2n) is 4.06. The average molecular weight is 257 g/mol. The maximum absolute atomic E-state index is 11.5. The van der Waals surface area contributed by atoms with Crippen molar-refractivity contribution in [2.45, 2.75) is 6.42 Å². The van der Waals surface area contributed by atoms with Gasteiger partial charge in [0.05, 0.1) is 17.1 Å². The number of nitrogens with zero attached hydrogens (tertiary/aromatic N) is 1. The van der Waals surface area contributed by atoms with Gasteiger partial charge in [-0.1, -0.05) is 17.7 Å². The monoisotopic (exact) mass is 256 g/mol. The average Bonchev–Trinajstić information content (AvgIpc) is 2.23. The number of halogens is 1. The number of esters is 1. The molecule has 0 atom stereocenters. The molecular formula is C12H17ClN2O2. The number of carbonyl (C=O) groups is 1. The third-order valence-electron chi connectivity index (χ3n) is 2.21. The number of likely N-dealkylation sites (N-methyl/N-ethyl adjacent to an activating group) is 1. The highest BCUT2D eigenvalue weighted by molar-refractivity contribution is 6.33. The highest BCUT2D eigenvalue weighted by Crippen LogP contribution is 2.19. The van der Waals surface area contributed by atoms with Crippen LogP contribution in [0.2, 0.25) is 5.02 Å². The van der Waals surface area contributed by atoms with E-state index in [-0.39, 0.29) is 12.4 Å². The van der Waals surface area contributed by atoms with Gasteiger partial charge in [0.25, 0.3) is 0 Å². The van der Waals surface area contributed by atoms with E-state index in [1.807, 2.05) is 19.0 Å². The number of carbonyl (C=O) groups excluding carboxylic acids is 1. The molecule has 0 aromatic heterocycles. The predicted molar refractivity (Wildman–Crippen MR) is 69.1 cm³/mol. The number of nitrogen functional groups attached to an aromatic ring is 1. The molecule has 2 N–H and O–H groups in total. The molecule has 0 aliphatic heterocycles. The highest BCUT2D eigenvalue weighted by Gasteiger charge is 2.06. The van der Waals surface area contributed by atoms with Crippen molar-refractivity contribution in [3.05, 3.63) is 28.8 Å². The summed E-state index contributed by atoms with van der Waals surface area (Å²) in [5.74, 6) is -0.257. The third kappa shape index (κ3) is 5.06. The first-order valence-corrected chi connectivity index (χ1v) is 5.71. The summed E-state index contributed by atoms with van der Waals surface area (Å²) in [6, 6.07) is 5.14. The lowest BCUT2D eigenvalue weighted by atomic mass is 10.1. The predicted octanol–water partition coefficient (Wildman–Crippen LogP) is 1.57. The Morgan fingerprint density at radius 3 is 2.76 bits per heavy atom. The molecule has 0 unspecified atom stereocenters. The Morgan fingerprint density at radius 2 is 2.18 bits per heavy atom. The molecule has 0 saturated carbocycles. The Balaban J connectivity index is 2.42. The van der Waals surface area contributed by atoms with Crippen molar-refractivity contribution < 1.29 is 9.53 Å². The largest absolute Gasteiger partial charge is 0.464 e. The Labute approximate surface area is 106 Å². The highest BCUT2D eigenvalue weighted by atomic mass is 35.5. The smallest absolute Gasteiger partial charge is 0.310 e. The van der Waals surface area contributed by atoms with Crippen LogP contribution in [0.25, 0.3) is 0 Å². The van der Waals surface area contributed by atoms with E-state index in [0.717, 1.165) is 5.56 Å². The number of hydrogen-bond donors (Lipinski definition) is 1. The van der Waals surface area contributed by atoms with E-state index in [1.54, 1.807) is 18.2 Å². The maximum Gasteiger partial charge on any atom is 0.310 e. The fourth-order valence-corrected chi connectivity index (χ4v) is 1.44. The second kappa shape index (κ2) is 6.47. The van der Waals surface area contributed by atoms with E-state index in [0.29, 0.717) is 23.9 Å². The Kier molecular flexibility index (Phi) is 5.25. The van der Waals surface area contributed by atoms with Gasteiger partial charge in [-0.2, -0.15) is 0 Å². The van der Waals surface area contributed by atoms with Crippen LogP contribution in [0.1, 0.15) is 5.56 Å². The van der Waals surface area contributed by atoms with Crippen molar-refractivity contribution in [2.24, 2.45) is 0 Å². The van der Waals surface area contributed by atoms with Gasteiger partial charge in [-0.05, 0) is 31.8 Å². The second-order valence-corrected chi connectivity index (χ2v) is 4.46. The number of nitrogens with two attached hydrogens (primary N) is 1. The van der Waals surface area contributed by atoms with Gasteiger partial charge in [-0.15, -0.1) is 0 Å². The molecule has 0 aliphatic carbocycles. The maximum atomic E-state index is 11.5. The van der Waals surface area contributed by atoms with Crippen molar-refractivity contribution in [3.63, 3.8) is 0 Å². The van der Waals surface area contributed by atoms with Gasteiger partial charge in [0.15, 0.2) is 0 Å². The summed E-state index contributed by atoms with van der Waals surface area (Å²) in [5, 5.41) is 0.462.